The monoisotopic (exact) mass is 211 g/mol. The van der Waals surface area contributed by atoms with E-state index in [1.54, 1.807) is 0 Å². The van der Waals surface area contributed by atoms with Crippen molar-refractivity contribution >= 4 is 0 Å². The van der Waals surface area contributed by atoms with Gasteiger partial charge in [0.05, 0.1) is 6.10 Å². The second-order valence-electron chi connectivity index (χ2n) is 3.84. The fraction of sp³-hybridized carbons (Fsp3) is 0.800. The summed E-state index contributed by atoms with van der Waals surface area (Å²) in [4.78, 5) is 4.30. The minimum Gasteiger partial charge on any atom is -0.378 e. The first-order chi connectivity index (χ1) is 7.38. The molecule has 0 aliphatic carbocycles. The van der Waals surface area contributed by atoms with Gasteiger partial charge in [0.1, 0.15) is 0 Å². The van der Waals surface area contributed by atoms with Crippen LogP contribution in [0.3, 0.4) is 0 Å². The fourth-order valence-corrected chi connectivity index (χ4v) is 1.74. The molecule has 0 radical (unpaired) electrons. The predicted octanol–water partition coefficient (Wildman–Crippen LogP) is 0.682. The summed E-state index contributed by atoms with van der Waals surface area (Å²) in [5.74, 6) is 1.45. The average molecular weight is 211 g/mol. The van der Waals surface area contributed by atoms with Gasteiger partial charge in [0.25, 0.3) is 0 Å². The van der Waals surface area contributed by atoms with Crippen LogP contribution in [0.25, 0.3) is 0 Å². The van der Waals surface area contributed by atoms with Gasteiger partial charge in [-0.15, -0.1) is 0 Å². The molecule has 1 aromatic heterocycles. The maximum Gasteiger partial charge on any atom is 0.226 e. The van der Waals surface area contributed by atoms with Crippen LogP contribution in [0.4, 0.5) is 0 Å². The van der Waals surface area contributed by atoms with Crippen LogP contribution in [0, 0.1) is 0 Å². The van der Waals surface area contributed by atoms with Gasteiger partial charge in [-0.25, -0.2) is 0 Å². The van der Waals surface area contributed by atoms with E-state index in [1.165, 1.54) is 0 Å². The van der Waals surface area contributed by atoms with Gasteiger partial charge in [0.2, 0.25) is 5.89 Å². The molecule has 1 atom stereocenters. The Labute approximate surface area is 89.0 Å². The molecule has 1 unspecified atom stereocenters. The molecule has 0 bridgehead atoms. The Bertz CT molecular complexity index is 295. The molecule has 1 aliphatic heterocycles. The Morgan fingerprint density at radius 2 is 2.40 bits per heavy atom. The summed E-state index contributed by atoms with van der Waals surface area (Å²) >= 11 is 0. The summed E-state index contributed by atoms with van der Waals surface area (Å²) in [6, 6.07) is 0. The molecule has 1 saturated heterocycles. The fourth-order valence-electron chi connectivity index (χ4n) is 1.74. The van der Waals surface area contributed by atoms with Crippen molar-refractivity contribution in [2.75, 3.05) is 13.2 Å². The van der Waals surface area contributed by atoms with Crippen LogP contribution < -0.4 is 5.73 Å². The van der Waals surface area contributed by atoms with E-state index < -0.39 is 0 Å². The Hall–Kier alpha value is -0.940. The molecular weight excluding hydrogens is 194 g/mol. The van der Waals surface area contributed by atoms with Gasteiger partial charge < -0.3 is 15.0 Å². The molecule has 15 heavy (non-hydrogen) atoms. The number of hydrogen-bond acceptors (Lipinski definition) is 5. The second kappa shape index (κ2) is 5.23. The van der Waals surface area contributed by atoms with E-state index in [9.17, 15) is 0 Å². The van der Waals surface area contributed by atoms with Gasteiger partial charge in [-0.3, -0.25) is 0 Å². The molecule has 5 nitrogen and oxygen atoms in total. The minimum atomic E-state index is 0.282. The van der Waals surface area contributed by atoms with Gasteiger partial charge in [-0.2, -0.15) is 4.98 Å². The lowest BCUT2D eigenvalue weighted by Gasteiger charge is -2.03. The van der Waals surface area contributed by atoms with Crippen molar-refractivity contribution in [2.45, 2.75) is 38.2 Å². The number of rotatable bonds is 5. The summed E-state index contributed by atoms with van der Waals surface area (Å²) in [7, 11) is 0. The number of aromatic nitrogens is 2. The van der Waals surface area contributed by atoms with Crippen molar-refractivity contribution < 1.29 is 9.26 Å². The molecule has 0 spiro atoms. The number of nitrogens with zero attached hydrogens (tertiary/aromatic N) is 2. The smallest absolute Gasteiger partial charge is 0.226 e. The van der Waals surface area contributed by atoms with Crippen LogP contribution in [-0.2, 0) is 17.6 Å². The van der Waals surface area contributed by atoms with E-state index in [0.717, 1.165) is 44.5 Å². The first-order valence-corrected chi connectivity index (χ1v) is 5.51. The number of ether oxygens (including phenoxy) is 1. The maximum atomic E-state index is 5.51. The number of aryl methyl sites for hydroxylation is 1. The summed E-state index contributed by atoms with van der Waals surface area (Å²) in [5.41, 5.74) is 5.41. The largest absolute Gasteiger partial charge is 0.378 e. The molecule has 1 aromatic rings. The van der Waals surface area contributed by atoms with E-state index in [0.29, 0.717) is 12.4 Å². The summed E-state index contributed by atoms with van der Waals surface area (Å²) in [6.45, 7) is 1.52. The third-order valence-corrected chi connectivity index (χ3v) is 2.54. The highest BCUT2D eigenvalue weighted by molar-refractivity contribution is 4.90. The van der Waals surface area contributed by atoms with E-state index in [2.05, 4.69) is 10.1 Å². The predicted molar refractivity (Wildman–Crippen MR) is 54.4 cm³/mol. The highest BCUT2D eigenvalue weighted by Crippen LogP contribution is 2.15. The average Bonchev–Trinajstić information content (AvgIpc) is 2.87. The second-order valence-corrected chi connectivity index (χ2v) is 3.84. The molecule has 5 heteroatoms. The van der Waals surface area contributed by atoms with Crippen LogP contribution in [0.1, 0.15) is 31.0 Å². The van der Waals surface area contributed by atoms with E-state index >= 15 is 0 Å². The van der Waals surface area contributed by atoms with Gasteiger partial charge in [-0.1, -0.05) is 5.16 Å². The lowest BCUT2D eigenvalue weighted by atomic mass is 10.2. The molecule has 0 aromatic carbocycles. The zero-order valence-electron chi connectivity index (χ0n) is 8.82. The molecule has 1 aliphatic rings. The molecule has 2 heterocycles. The number of nitrogens with two attached hydrogens (primary N) is 1. The Balaban J connectivity index is 1.83. The Morgan fingerprint density at radius 3 is 3.13 bits per heavy atom. The molecule has 1 fully saturated rings. The quantitative estimate of drug-likeness (QED) is 0.775. The Morgan fingerprint density at radius 1 is 1.47 bits per heavy atom. The van der Waals surface area contributed by atoms with Crippen molar-refractivity contribution in [1.29, 1.82) is 0 Å². The van der Waals surface area contributed by atoms with Crippen LogP contribution >= 0.6 is 0 Å². The van der Waals surface area contributed by atoms with Gasteiger partial charge in [-0.05, 0) is 25.8 Å². The van der Waals surface area contributed by atoms with E-state index in [1.807, 2.05) is 0 Å². The van der Waals surface area contributed by atoms with Crippen molar-refractivity contribution in [3.63, 3.8) is 0 Å². The minimum absolute atomic E-state index is 0.282. The molecule has 2 rings (SSSR count). The van der Waals surface area contributed by atoms with Crippen LogP contribution in [0.2, 0.25) is 0 Å². The first-order valence-electron chi connectivity index (χ1n) is 5.51. The topological polar surface area (TPSA) is 74.2 Å². The van der Waals surface area contributed by atoms with Crippen LogP contribution in [0.5, 0.6) is 0 Å². The third-order valence-electron chi connectivity index (χ3n) is 2.54. The van der Waals surface area contributed by atoms with Crippen molar-refractivity contribution in [1.82, 2.24) is 10.1 Å². The van der Waals surface area contributed by atoms with Crippen LogP contribution in [-0.4, -0.2) is 29.4 Å². The standard InChI is InChI=1S/C10H17N3O2/c11-5-1-4-10-12-9(13-15-10)7-8-3-2-6-14-8/h8H,1-7,11H2. The van der Waals surface area contributed by atoms with Crippen molar-refractivity contribution in [3.8, 4) is 0 Å². The maximum absolute atomic E-state index is 5.51. The molecule has 2 N–H and O–H groups in total. The van der Waals surface area contributed by atoms with E-state index in [-0.39, 0.29) is 6.10 Å². The molecule has 0 amide bonds. The van der Waals surface area contributed by atoms with Crippen molar-refractivity contribution in [2.24, 2.45) is 5.73 Å². The lowest BCUT2D eigenvalue weighted by Crippen LogP contribution is -2.10. The Kier molecular flexibility index (Phi) is 3.69. The van der Waals surface area contributed by atoms with Gasteiger partial charge in [0.15, 0.2) is 5.82 Å². The first kappa shape index (κ1) is 10.6. The highest BCUT2D eigenvalue weighted by atomic mass is 16.5. The summed E-state index contributed by atoms with van der Waals surface area (Å²) in [5, 5.41) is 3.93. The summed E-state index contributed by atoms with van der Waals surface area (Å²) < 4.78 is 10.6. The van der Waals surface area contributed by atoms with Gasteiger partial charge >= 0.3 is 0 Å². The highest BCUT2D eigenvalue weighted by Gasteiger charge is 2.18. The number of hydrogen-bond donors (Lipinski definition) is 1. The van der Waals surface area contributed by atoms with E-state index in [4.69, 9.17) is 15.0 Å². The molecular formula is C10H17N3O2. The SMILES string of the molecule is NCCCc1nc(CC2CCCO2)no1. The van der Waals surface area contributed by atoms with Crippen LogP contribution in [0.15, 0.2) is 4.52 Å². The molecule has 84 valence electrons. The molecule has 0 saturated carbocycles. The zero-order chi connectivity index (χ0) is 10.5. The normalized spacial score (nSPS) is 21.0. The summed E-state index contributed by atoms with van der Waals surface area (Å²) in [6.07, 6.45) is 4.96. The lowest BCUT2D eigenvalue weighted by molar-refractivity contribution is 0.109. The van der Waals surface area contributed by atoms with Crippen molar-refractivity contribution in [3.05, 3.63) is 11.7 Å². The third kappa shape index (κ3) is 3.00. The van der Waals surface area contributed by atoms with Gasteiger partial charge in [0, 0.05) is 19.4 Å². The zero-order valence-corrected chi connectivity index (χ0v) is 8.82.